The van der Waals surface area contributed by atoms with E-state index in [0.717, 1.165) is 64.7 Å². The second-order valence-electron chi connectivity index (χ2n) is 8.40. The molecule has 1 aromatic rings. The van der Waals surface area contributed by atoms with E-state index in [1.54, 1.807) is 6.92 Å². The van der Waals surface area contributed by atoms with Gasteiger partial charge in [0.05, 0.1) is 6.54 Å². The van der Waals surface area contributed by atoms with Crippen LogP contribution in [-0.4, -0.2) is 74.0 Å². The molecule has 2 rings (SSSR count). The molecule has 0 aliphatic carbocycles. The molecule has 1 heterocycles. The number of nitrogens with one attached hydrogen (secondary N) is 2. The zero-order valence-electron chi connectivity index (χ0n) is 19.3. The first-order valence-electron chi connectivity index (χ1n) is 10.9. The number of benzene rings is 1. The third-order valence-corrected chi connectivity index (χ3v) is 5.66. The summed E-state index contributed by atoms with van der Waals surface area (Å²) < 4.78 is 0. The number of nitrogens with zero attached hydrogens (tertiary/aromatic N) is 3. The summed E-state index contributed by atoms with van der Waals surface area (Å²) in [6.07, 6.45) is 1.07. The fourth-order valence-electron chi connectivity index (χ4n) is 3.52. The Kier molecular flexibility index (Phi) is 11.7. The van der Waals surface area contributed by atoms with Gasteiger partial charge in [0.25, 0.3) is 0 Å². The summed E-state index contributed by atoms with van der Waals surface area (Å²) in [5, 5.41) is 6.81. The van der Waals surface area contributed by atoms with Crippen LogP contribution in [0.2, 0.25) is 0 Å². The number of amides is 1. The van der Waals surface area contributed by atoms with Crippen LogP contribution in [0.5, 0.6) is 0 Å². The van der Waals surface area contributed by atoms with Crippen LogP contribution in [0.4, 0.5) is 0 Å². The Bertz CT molecular complexity index is 667. The van der Waals surface area contributed by atoms with Crippen molar-refractivity contribution < 1.29 is 4.79 Å². The van der Waals surface area contributed by atoms with E-state index in [0.29, 0.717) is 0 Å². The first kappa shape index (κ1) is 26.7. The topological polar surface area (TPSA) is 60.0 Å². The van der Waals surface area contributed by atoms with E-state index in [1.165, 1.54) is 11.1 Å². The van der Waals surface area contributed by atoms with Crippen molar-refractivity contribution in [2.45, 2.75) is 46.5 Å². The highest BCUT2D eigenvalue weighted by Gasteiger charge is 2.21. The van der Waals surface area contributed by atoms with Crippen molar-refractivity contribution >= 4 is 35.8 Å². The number of halogens is 1. The highest BCUT2D eigenvalue weighted by atomic mass is 127. The maximum Gasteiger partial charge on any atom is 0.219 e. The van der Waals surface area contributed by atoms with Crippen molar-refractivity contribution in [3.05, 3.63) is 35.4 Å². The fourth-order valence-corrected chi connectivity index (χ4v) is 3.52. The smallest absolute Gasteiger partial charge is 0.219 e. The Morgan fingerprint density at radius 1 is 1.07 bits per heavy atom. The van der Waals surface area contributed by atoms with Crippen LogP contribution in [0, 0.1) is 0 Å². The molecule has 0 spiro atoms. The highest BCUT2D eigenvalue weighted by Crippen LogP contribution is 2.24. The largest absolute Gasteiger partial charge is 0.357 e. The van der Waals surface area contributed by atoms with Gasteiger partial charge < -0.3 is 15.5 Å². The van der Waals surface area contributed by atoms with Gasteiger partial charge in [-0.1, -0.05) is 45.0 Å². The van der Waals surface area contributed by atoms with E-state index < -0.39 is 0 Å². The predicted octanol–water partition coefficient (Wildman–Crippen LogP) is 2.86. The number of carbonyl (C=O) groups excluding carboxylic acids is 1. The molecular formula is C23H40IN5O. The lowest BCUT2D eigenvalue weighted by atomic mass is 9.84. The van der Waals surface area contributed by atoms with Gasteiger partial charge in [-0.05, 0) is 24.5 Å². The first-order chi connectivity index (χ1) is 13.9. The normalized spacial score (nSPS) is 15.5. The number of rotatable bonds is 8. The third kappa shape index (κ3) is 8.41. The van der Waals surface area contributed by atoms with E-state index in [9.17, 15) is 4.79 Å². The van der Waals surface area contributed by atoms with E-state index in [4.69, 9.17) is 4.99 Å². The zero-order valence-corrected chi connectivity index (χ0v) is 21.7. The summed E-state index contributed by atoms with van der Waals surface area (Å²) in [6, 6.07) is 8.90. The van der Waals surface area contributed by atoms with Gasteiger partial charge in [0.1, 0.15) is 0 Å². The minimum Gasteiger partial charge on any atom is -0.357 e. The van der Waals surface area contributed by atoms with Gasteiger partial charge in [0, 0.05) is 58.2 Å². The maximum absolute atomic E-state index is 11.4. The average molecular weight is 530 g/mol. The number of piperazine rings is 1. The number of aryl methyl sites for hydroxylation is 1. The maximum atomic E-state index is 11.4. The molecule has 2 N–H and O–H groups in total. The van der Waals surface area contributed by atoms with E-state index in [-0.39, 0.29) is 35.3 Å². The number of aliphatic imine (C=N–C) groups is 1. The molecule has 6 nitrogen and oxygen atoms in total. The predicted molar refractivity (Wildman–Crippen MR) is 137 cm³/mol. The standard InChI is InChI=1S/C23H39N5O.HI/c1-6-20-8-10-21(11-9-20)23(4,5)18-26-22(24-7-2)25-12-13-27-14-16-28(17-15-27)19(3)29;/h8-11H,6-7,12-18H2,1-5H3,(H2,24,25,26);1H. The van der Waals surface area contributed by atoms with Gasteiger partial charge >= 0.3 is 0 Å². The molecule has 7 heteroatoms. The molecule has 1 aliphatic heterocycles. The van der Waals surface area contributed by atoms with E-state index >= 15 is 0 Å². The number of carbonyl (C=O) groups is 1. The second-order valence-corrected chi connectivity index (χ2v) is 8.40. The summed E-state index contributed by atoms with van der Waals surface area (Å²) in [4.78, 5) is 20.6. The van der Waals surface area contributed by atoms with Gasteiger partial charge in [-0.3, -0.25) is 14.7 Å². The van der Waals surface area contributed by atoms with Crippen LogP contribution in [-0.2, 0) is 16.6 Å². The SMILES string of the molecule is CCNC(=NCC(C)(C)c1ccc(CC)cc1)NCCN1CCN(C(C)=O)CC1.I. The molecule has 1 saturated heterocycles. The first-order valence-corrected chi connectivity index (χ1v) is 10.9. The van der Waals surface area contributed by atoms with E-state index in [2.05, 4.69) is 67.5 Å². The van der Waals surface area contributed by atoms with Gasteiger partial charge in [-0.2, -0.15) is 0 Å². The molecule has 1 aromatic carbocycles. The average Bonchev–Trinajstić information content (AvgIpc) is 2.72. The lowest BCUT2D eigenvalue weighted by molar-refractivity contribution is -0.130. The Hall–Kier alpha value is -1.35. The molecular weight excluding hydrogens is 489 g/mol. The summed E-state index contributed by atoms with van der Waals surface area (Å²) in [5.74, 6) is 1.05. The van der Waals surface area contributed by atoms with Gasteiger partial charge in [0.2, 0.25) is 5.91 Å². The molecule has 1 fully saturated rings. The summed E-state index contributed by atoms with van der Waals surface area (Å²) in [7, 11) is 0. The van der Waals surface area contributed by atoms with Crippen molar-refractivity contribution in [1.29, 1.82) is 0 Å². The van der Waals surface area contributed by atoms with Crippen molar-refractivity contribution in [3.8, 4) is 0 Å². The highest BCUT2D eigenvalue weighted by molar-refractivity contribution is 14.0. The quantitative estimate of drug-likeness (QED) is 0.309. The molecule has 0 bridgehead atoms. The number of hydrogen-bond acceptors (Lipinski definition) is 3. The zero-order chi connectivity index (χ0) is 21.3. The van der Waals surface area contributed by atoms with Crippen LogP contribution in [0.3, 0.4) is 0 Å². The Labute approximate surface area is 199 Å². The summed E-state index contributed by atoms with van der Waals surface area (Å²) in [6.45, 7) is 17.3. The molecule has 1 amide bonds. The fraction of sp³-hybridized carbons (Fsp3) is 0.652. The lowest BCUT2D eigenvalue weighted by Gasteiger charge is -2.34. The van der Waals surface area contributed by atoms with Crippen LogP contribution in [0.15, 0.2) is 29.3 Å². The summed E-state index contributed by atoms with van der Waals surface area (Å²) in [5.41, 5.74) is 2.67. The minimum atomic E-state index is -0.0162. The van der Waals surface area contributed by atoms with Crippen molar-refractivity contribution in [3.63, 3.8) is 0 Å². The van der Waals surface area contributed by atoms with Crippen LogP contribution >= 0.6 is 24.0 Å². The second kappa shape index (κ2) is 13.1. The molecule has 0 saturated carbocycles. The molecule has 170 valence electrons. The summed E-state index contributed by atoms with van der Waals surface area (Å²) >= 11 is 0. The molecule has 0 radical (unpaired) electrons. The van der Waals surface area contributed by atoms with E-state index in [1.807, 2.05) is 4.90 Å². The monoisotopic (exact) mass is 529 g/mol. The van der Waals surface area contributed by atoms with Gasteiger partial charge in [-0.15, -0.1) is 24.0 Å². The van der Waals surface area contributed by atoms with Crippen LogP contribution in [0.1, 0.15) is 45.7 Å². The van der Waals surface area contributed by atoms with Crippen LogP contribution in [0.25, 0.3) is 0 Å². The van der Waals surface area contributed by atoms with Crippen molar-refractivity contribution in [1.82, 2.24) is 20.4 Å². The number of guanidine groups is 1. The molecule has 0 atom stereocenters. The Balaban J connectivity index is 0.00000450. The van der Waals surface area contributed by atoms with Crippen LogP contribution < -0.4 is 10.6 Å². The molecule has 1 aliphatic rings. The van der Waals surface area contributed by atoms with Crippen molar-refractivity contribution in [2.24, 2.45) is 4.99 Å². The lowest BCUT2D eigenvalue weighted by Crippen LogP contribution is -2.50. The molecule has 0 unspecified atom stereocenters. The molecule has 0 aromatic heterocycles. The number of hydrogen-bond donors (Lipinski definition) is 2. The van der Waals surface area contributed by atoms with Crippen molar-refractivity contribution in [2.75, 3.05) is 52.4 Å². The minimum absolute atomic E-state index is 0. The van der Waals surface area contributed by atoms with Gasteiger partial charge in [-0.25, -0.2) is 0 Å². The van der Waals surface area contributed by atoms with Gasteiger partial charge in [0.15, 0.2) is 5.96 Å². The third-order valence-electron chi connectivity index (χ3n) is 5.66. The molecule has 30 heavy (non-hydrogen) atoms. The Morgan fingerprint density at radius 3 is 2.23 bits per heavy atom. The Morgan fingerprint density at radius 2 is 1.70 bits per heavy atom.